The van der Waals surface area contributed by atoms with E-state index in [-0.39, 0.29) is 17.2 Å². The number of carbonyl (C=O) groups excluding carboxylic acids is 2. The zero-order valence-corrected chi connectivity index (χ0v) is 16.2. The van der Waals surface area contributed by atoms with Gasteiger partial charge >= 0.3 is 0 Å². The van der Waals surface area contributed by atoms with Crippen LogP contribution in [0.25, 0.3) is 0 Å². The highest BCUT2D eigenvalue weighted by Crippen LogP contribution is 2.28. The molecule has 1 fully saturated rings. The van der Waals surface area contributed by atoms with Gasteiger partial charge in [-0.15, -0.1) is 0 Å². The lowest BCUT2D eigenvalue weighted by molar-refractivity contribution is 0.0951. The third kappa shape index (κ3) is 4.68. The average Bonchev–Trinajstić information content (AvgIpc) is 2.74. The molecular weight excluding hydrogens is 354 g/mol. The Balaban J connectivity index is 1.82. The van der Waals surface area contributed by atoms with Crippen molar-refractivity contribution in [3.05, 3.63) is 69.6 Å². The lowest BCUT2D eigenvalue weighted by Gasteiger charge is -2.25. The van der Waals surface area contributed by atoms with E-state index in [9.17, 15) is 14.4 Å². The smallest absolute Gasteiger partial charge is 0.256 e. The summed E-state index contributed by atoms with van der Waals surface area (Å²) in [6.07, 6.45) is 9.30. The van der Waals surface area contributed by atoms with Crippen LogP contribution in [0.3, 0.4) is 0 Å². The summed E-state index contributed by atoms with van der Waals surface area (Å²) in [7, 11) is 1.49. The van der Waals surface area contributed by atoms with Crippen molar-refractivity contribution in [1.29, 1.82) is 0 Å². The van der Waals surface area contributed by atoms with Crippen LogP contribution < -0.4 is 16.1 Å². The van der Waals surface area contributed by atoms with E-state index in [1.54, 1.807) is 12.4 Å². The normalized spacial score (nSPS) is 14.5. The number of pyridine rings is 1. The Morgan fingerprint density at radius 3 is 2.29 bits per heavy atom. The molecule has 3 rings (SSSR count). The third-order valence-corrected chi connectivity index (χ3v) is 5.30. The van der Waals surface area contributed by atoms with Crippen LogP contribution in [0.5, 0.6) is 0 Å². The van der Waals surface area contributed by atoms with E-state index < -0.39 is 17.2 Å². The molecule has 6 nitrogen and oxygen atoms in total. The maximum absolute atomic E-state index is 12.7. The van der Waals surface area contributed by atoms with E-state index in [0.29, 0.717) is 13.0 Å². The Hall–Kier alpha value is -2.89. The number of nitrogens with zero attached hydrogens (tertiary/aromatic N) is 1. The summed E-state index contributed by atoms with van der Waals surface area (Å²) in [6.45, 7) is 0.427. The molecule has 6 heteroatoms. The van der Waals surface area contributed by atoms with E-state index in [4.69, 9.17) is 0 Å². The molecule has 148 valence electrons. The first-order chi connectivity index (χ1) is 13.6. The van der Waals surface area contributed by atoms with Crippen molar-refractivity contribution in [2.24, 2.45) is 0 Å². The number of aromatic nitrogens is 1. The summed E-state index contributed by atoms with van der Waals surface area (Å²) >= 11 is 0. The quantitative estimate of drug-likeness (QED) is 0.807. The molecular formula is C22H27N3O3. The molecule has 0 spiro atoms. The van der Waals surface area contributed by atoms with Gasteiger partial charge in [-0.05, 0) is 24.8 Å². The summed E-state index contributed by atoms with van der Waals surface area (Å²) in [5, 5.41) is 5.32. The highest BCUT2D eigenvalue weighted by molar-refractivity contribution is 5.99. The molecule has 2 amide bonds. The maximum Gasteiger partial charge on any atom is 0.256 e. The second kappa shape index (κ2) is 9.35. The molecule has 0 atom stereocenters. The minimum absolute atomic E-state index is 0.0174. The van der Waals surface area contributed by atoms with Crippen molar-refractivity contribution < 1.29 is 9.59 Å². The number of benzene rings is 1. The number of carbonyl (C=O) groups is 2. The molecule has 0 saturated heterocycles. The highest BCUT2D eigenvalue weighted by atomic mass is 16.2. The topological polar surface area (TPSA) is 80.2 Å². The van der Waals surface area contributed by atoms with Crippen LogP contribution in [0.4, 0.5) is 0 Å². The summed E-state index contributed by atoms with van der Waals surface area (Å²) in [5.74, 6) is -0.898. The van der Waals surface area contributed by atoms with Gasteiger partial charge in [0, 0.05) is 32.0 Å². The van der Waals surface area contributed by atoms with Crippen LogP contribution >= 0.6 is 0 Å². The first-order valence-corrected chi connectivity index (χ1v) is 9.90. The minimum atomic E-state index is -0.524. The van der Waals surface area contributed by atoms with E-state index in [1.807, 2.05) is 34.9 Å². The Labute approximate surface area is 165 Å². The fraction of sp³-hybridized carbons (Fsp3) is 0.409. The molecule has 1 aromatic heterocycles. The number of hydrogen-bond acceptors (Lipinski definition) is 3. The van der Waals surface area contributed by atoms with Gasteiger partial charge in [-0.3, -0.25) is 14.4 Å². The Bertz CT molecular complexity index is 884. The molecule has 0 unspecified atom stereocenters. The summed E-state index contributed by atoms with van der Waals surface area (Å²) in [6, 6.07) is 10.1. The molecule has 2 aromatic rings. The maximum atomic E-state index is 12.7. The van der Waals surface area contributed by atoms with Crippen LogP contribution in [0.15, 0.2) is 47.5 Å². The molecule has 1 aliphatic rings. The second-order valence-corrected chi connectivity index (χ2v) is 7.22. The summed E-state index contributed by atoms with van der Waals surface area (Å²) in [5.41, 5.74) is 0.633. The number of nitrogens with one attached hydrogen (secondary N) is 2. The average molecular weight is 381 g/mol. The largest absolute Gasteiger partial charge is 0.355 e. The zero-order chi connectivity index (χ0) is 19.9. The summed E-state index contributed by atoms with van der Waals surface area (Å²) in [4.78, 5) is 37.6. The first-order valence-electron chi connectivity index (χ1n) is 9.90. The molecule has 1 heterocycles. The Morgan fingerprint density at radius 1 is 1.00 bits per heavy atom. The molecule has 0 aliphatic heterocycles. The van der Waals surface area contributed by atoms with Crippen molar-refractivity contribution in [2.75, 3.05) is 13.6 Å². The van der Waals surface area contributed by atoms with Crippen molar-refractivity contribution in [2.45, 2.75) is 44.6 Å². The van der Waals surface area contributed by atoms with Gasteiger partial charge in [0.15, 0.2) is 0 Å². The third-order valence-electron chi connectivity index (χ3n) is 5.30. The zero-order valence-electron chi connectivity index (χ0n) is 16.2. The van der Waals surface area contributed by atoms with Crippen LogP contribution in [0.2, 0.25) is 0 Å². The Kier molecular flexibility index (Phi) is 6.63. The predicted molar refractivity (Wildman–Crippen MR) is 109 cm³/mol. The van der Waals surface area contributed by atoms with E-state index in [1.165, 1.54) is 13.5 Å². The Morgan fingerprint density at radius 2 is 1.64 bits per heavy atom. The van der Waals surface area contributed by atoms with E-state index >= 15 is 0 Å². The minimum Gasteiger partial charge on any atom is -0.355 e. The fourth-order valence-electron chi connectivity index (χ4n) is 3.71. The monoisotopic (exact) mass is 381 g/mol. The fourth-order valence-corrected chi connectivity index (χ4v) is 3.71. The van der Waals surface area contributed by atoms with Gasteiger partial charge in [0.2, 0.25) is 5.43 Å². The lowest BCUT2D eigenvalue weighted by Crippen LogP contribution is -2.35. The molecule has 28 heavy (non-hydrogen) atoms. The van der Waals surface area contributed by atoms with Crippen LogP contribution in [0, 0.1) is 0 Å². The number of rotatable bonds is 6. The molecule has 1 saturated carbocycles. The van der Waals surface area contributed by atoms with Gasteiger partial charge in [0.25, 0.3) is 11.8 Å². The number of amides is 2. The SMILES string of the molecule is CNC(=O)c1cn(C2CCCCC2)cc(C(=O)NCCc2ccccc2)c1=O. The van der Waals surface area contributed by atoms with Crippen molar-refractivity contribution in [3.63, 3.8) is 0 Å². The second-order valence-electron chi connectivity index (χ2n) is 7.22. The van der Waals surface area contributed by atoms with Crippen LogP contribution in [0.1, 0.15) is 64.4 Å². The van der Waals surface area contributed by atoms with Crippen molar-refractivity contribution in [1.82, 2.24) is 15.2 Å². The van der Waals surface area contributed by atoms with Crippen LogP contribution in [-0.2, 0) is 6.42 Å². The summed E-state index contributed by atoms with van der Waals surface area (Å²) < 4.78 is 1.89. The van der Waals surface area contributed by atoms with Gasteiger partial charge in [0.05, 0.1) is 0 Å². The van der Waals surface area contributed by atoms with E-state index in [2.05, 4.69) is 10.6 Å². The molecule has 1 aliphatic carbocycles. The van der Waals surface area contributed by atoms with E-state index in [0.717, 1.165) is 31.2 Å². The van der Waals surface area contributed by atoms with Gasteiger partial charge in [-0.1, -0.05) is 49.6 Å². The van der Waals surface area contributed by atoms with Gasteiger partial charge in [-0.25, -0.2) is 0 Å². The van der Waals surface area contributed by atoms with Gasteiger partial charge < -0.3 is 15.2 Å². The molecule has 1 aromatic carbocycles. The van der Waals surface area contributed by atoms with Gasteiger partial charge in [0.1, 0.15) is 11.1 Å². The highest BCUT2D eigenvalue weighted by Gasteiger charge is 2.22. The molecule has 2 N–H and O–H groups in total. The first kappa shape index (κ1) is 19.9. The lowest BCUT2D eigenvalue weighted by atomic mass is 9.95. The van der Waals surface area contributed by atoms with Crippen LogP contribution in [-0.4, -0.2) is 30.0 Å². The van der Waals surface area contributed by atoms with Gasteiger partial charge in [-0.2, -0.15) is 0 Å². The predicted octanol–water partition coefficient (Wildman–Crippen LogP) is 2.69. The number of hydrogen-bond donors (Lipinski definition) is 2. The standard InChI is InChI=1S/C22H27N3O3/c1-23-21(27)18-14-25(17-10-6-3-7-11-17)15-19(20(18)26)22(28)24-13-12-16-8-4-2-5-9-16/h2,4-5,8-9,14-15,17H,3,6-7,10-13H2,1H3,(H,23,27)(H,24,28). The molecule has 0 bridgehead atoms. The molecule has 0 radical (unpaired) electrons. The van der Waals surface area contributed by atoms with Crippen molar-refractivity contribution in [3.8, 4) is 0 Å². The van der Waals surface area contributed by atoms with Crippen molar-refractivity contribution >= 4 is 11.8 Å².